The van der Waals surface area contributed by atoms with E-state index in [0.717, 1.165) is 39.2 Å². The van der Waals surface area contributed by atoms with Crippen molar-refractivity contribution in [3.05, 3.63) is 84.0 Å². The van der Waals surface area contributed by atoms with Gasteiger partial charge in [0.15, 0.2) is 0 Å². The number of carbonyl (C=O) groups excluding carboxylic acids is 1. The summed E-state index contributed by atoms with van der Waals surface area (Å²) < 4.78 is 11.2. The summed E-state index contributed by atoms with van der Waals surface area (Å²) >= 11 is 0. The molecular formula is C29H31N5O3. The minimum atomic E-state index is -0.528. The predicted molar refractivity (Wildman–Crippen MR) is 146 cm³/mol. The Morgan fingerprint density at radius 2 is 1.84 bits per heavy atom. The average Bonchev–Trinajstić information content (AvgIpc) is 2.84. The Bertz CT molecular complexity index is 1430. The van der Waals surface area contributed by atoms with E-state index < -0.39 is 11.7 Å². The molecule has 0 fully saturated rings. The van der Waals surface area contributed by atoms with Crippen molar-refractivity contribution in [2.75, 3.05) is 11.9 Å². The van der Waals surface area contributed by atoms with Gasteiger partial charge in [0.25, 0.3) is 0 Å². The quantitative estimate of drug-likeness (QED) is 0.293. The van der Waals surface area contributed by atoms with Gasteiger partial charge in [-0.3, -0.25) is 4.98 Å². The van der Waals surface area contributed by atoms with E-state index in [1.165, 1.54) is 0 Å². The molecule has 0 aliphatic rings. The smallest absolute Gasteiger partial charge is 0.407 e. The molecule has 4 aromatic rings. The van der Waals surface area contributed by atoms with Gasteiger partial charge in [-0.05, 0) is 88.2 Å². The summed E-state index contributed by atoms with van der Waals surface area (Å²) in [6.45, 7) is 9.78. The largest absolute Gasteiger partial charge is 0.455 e. The molecule has 2 aromatic carbocycles. The number of benzene rings is 2. The van der Waals surface area contributed by atoms with Crippen molar-refractivity contribution in [3.8, 4) is 11.5 Å². The molecule has 8 nitrogen and oxygen atoms in total. The van der Waals surface area contributed by atoms with Crippen LogP contribution in [0.2, 0.25) is 0 Å². The highest BCUT2D eigenvalue weighted by Crippen LogP contribution is 2.30. The van der Waals surface area contributed by atoms with E-state index in [0.29, 0.717) is 18.1 Å². The summed E-state index contributed by atoms with van der Waals surface area (Å²) in [6.07, 6.45) is 6.61. The molecular weight excluding hydrogens is 466 g/mol. The topological polar surface area (TPSA) is 98.3 Å². The minimum Gasteiger partial charge on any atom is -0.455 e. The summed E-state index contributed by atoms with van der Waals surface area (Å²) in [6, 6.07) is 15.6. The molecule has 2 N–H and O–H groups in total. The number of pyridine rings is 1. The van der Waals surface area contributed by atoms with Crippen molar-refractivity contribution in [1.29, 1.82) is 0 Å². The lowest BCUT2D eigenvalue weighted by atomic mass is 10.1. The number of carbonyl (C=O) groups is 1. The van der Waals surface area contributed by atoms with E-state index in [4.69, 9.17) is 9.47 Å². The summed E-state index contributed by atoms with van der Waals surface area (Å²) in [7, 11) is 0. The molecule has 2 heterocycles. The maximum atomic E-state index is 11.8. The zero-order valence-corrected chi connectivity index (χ0v) is 21.7. The fourth-order valence-corrected chi connectivity index (χ4v) is 3.55. The molecule has 0 saturated heterocycles. The first kappa shape index (κ1) is 25.6. The number of amides is 1. The normalized spacial score (nSPS) is 11.5. The van der Waals surface area contributed by atoms with E-state index in [1.54, 1.807) is 12.5 Å². The van der Waals surface area contributed by atoms with Crippen molar-refractivity contribution in [2.24, 2.45) is 0 Å². The van der Waals surface area contributed by atoms with Gasteiger partial charge >= 0.3 is 6.09 Å². The van der Waals surface area contributed by atoms with Crippen LogP contribution in [0.5, 0.6) is 11.5 Å². The lowest BCUT2D eigenvalue weighted by Gasteiger charge is -2.19. The predicted octanol–water partition coefficient (Wildman–Crippen LogP) is 6.72. The Labute approximate surface area is 216 Å². The number of hydrogen-bond acceptors (Lipinski definition) is 7. The number of nitrogens with zero attached hydrogens (tertiary/aromatic N) is 3. The third kappa shape index (κ3) is 7.27. The van der Waals surface area contributed by atoms with E-state index in [2.05, 4.69) is 25.6 Å². The van der Waals surface area contributed by atoms with Crippen LogP contribution in [-0.4, -0.2) is 33.2 Å². The van der Waals surface area contributed by atoms with Crippen LogP contribution in [0.4, 0.5) is 16.3 Å². The van der Waals surface area contributed by atoms with Gasteiger partial charge in [-0.2, -0.15) is 0 Å². The molecule has 8 heteroatoms. The number of rotatable bonds is 7. The first-order chi connectivity index (χ1) is 17.7. The zero-order chi connectivity index (χ0) is 26.4. The lowest BCUT2D eigenvalue weighted by molar-refractivity contribution is 0.0534. The second-order valence-corrected chi connectivity index (χ2v) is 9.63. The summed E-state index contributed by atoms with van der Waals surface area (Å²) in [5.41, 5.74) is 4.06. The molecule has 0 radical (unpaired) electrons. The third-order valence-corrected chi connectivity index (χ3v) is 5.28. The molecule has 1 amide bonds. The second kappa shape index (κ2) is 11.1. The SMILES string of the molecule is Cc1ccc(Oc2ccc(Nc3ncnc4ccc(C=CCNC(=O)OC(C)(C)C)cc34)cc2C)cn1. The molecule has 190 valence electrons. The number of nitrogens with one attached hydrogen (secondary N) is 2. The van der Waals surface area contributed by atoms with Gasteiger partial charge in [0.05, 0.1) is 11.7 Å². The van der Waals surface area contributed by atoms with Crippen LogP contribution in [0, 0.1) is 13.8 Å². The number of anilines is 2. The third-order valence-electron chi connectivity index (χ3n) is 5.28. The Hall–Kier alpha value is -4.46. The number of hydrogen-bond donors (Lipinski definition) is 2. The van der Waals surface area contributed by atoms with Crippen molar-refractivity contribution >= 4 is 34.6 Å². The molecule has 0 saturated carbocycles. The van der Waals surface area contributed by atoms with Crippen LogP contribution in [-0.2, 0) is 4.74 Å². The van der Waals surface area contributed by atoms with Crippen molar-refractivity contribution in [3.63, 3.8) is 0 Å². The molecule has 0 aliphatic carbocycles. The molecule has 0 unspecified atom stereocenters. The van der Waals surface area contributed by atoms with Gasteiger partial charge in [0.2, 0.25) is 0 Å². The number of aromatic nitrogens is 3. The van der Waals surface area contributed by atoms with Crippen molar-refractivity contribution in [2.45, 2.75) is 40.2 Å². The van der Waals surface area contributed by atoms with Crippen molar-refractivity contribution < 1.29 is 14.3 Å². The standard InChI is InChI=1S/C29H31N5O3/c1-19-15-22(10-13-26(19)36-23-11-8-20(2)31-17-23)34-27-24-16-21(9-12-25(24)32-18-33-27)7-6-14-30-28(35)37-29(3,4)5/h6-13,15-18H,14H2,1-5H3,(H,30,35)(H,32,33,34). The van der Waals surface area contributed by atoms with Crippen LogP contribution in [0.15, 0.2) is 67.1 Å². The van der Waals surface area contributed by atoms with Crippen LogP contribution in [0.25, 0.3) is 17.0 Å². The maximum Gasteiger partial charge on any atom is 0.407 e. The number of ether oxygens (including phenoxy) is 2. The molecule has 0 aliphatic heterocycles. The number of fused-ring (bicyclic) bond motifs is 1. The van der Waals surface area contributed by atoms with E-state index >= 15 is 0 Å². The summed E-state index contributed by atoms with van der Waals surface area (Å²) in [4.78, 5) is 24.9. The minimum absolute atomic E-state index is 0.357. The van der Waals surface area contributed by atoms with Gasteiger partial charge in [0, 0.05) is 23.3 Å². The summed E-state index contributed by atoms with van der Waals surface area (Å²) in [5.74, 6) is 2.15. The van der Waals surface area contributed by atoms with Gasteiger partial charge in [-0.25, -0.2) is 14.8 Å². The highest BCUT2D eigenvalue weighted by molar-refractivity contribution is 5.92. The van der Waals surface area contributed by atoms with E-state index in [9.17, 15) is 4.79 Å². The van der Waals surface area contributed by atoms with Crippen LogP contribution in [0.3, 0.4) is 0 Å². The van der Waals surface area contributed by atoms with Crippen LogP contribution in [0.1, 0.15) is 37.6 Å². The van der Waals surface area contributed by atoms with E-state index in [-0.39, 0.29) is 0 Å². The number of alkyl carbamates (subject to hydrolysis) is 1. The summed E-state index contributed by atoms with van der Waals surface area (Å²) in [5, 5.41) is 7.00. The Kier molecular flexibility index (Phi) is 7.67. The lowest BCUT2D eigenvalue weighted by Crippen LogP contribution is -2.32. The molecule has 0 bridgehead atoms. The Balaban J connectivity index is 1.46. The molecule has 37 heavy (non-hydrogen) atoms. The first-order valence-corrected chi connectivity index (χ1v) is 12.0. The Morgan fingerprint density at radius 1 is 1.00 bits per heavy atom. The van der Waals surface area contributed by atoms with Crippen LogP contribution < -0.4 is 15.4 Å². The second-order valence-electron chi connectivity index (χ2n) is 9.63. The molecule has 0 spiro atoms. The van der Waals surface area contributed by atoms with E-state index in [1.807, 2.05) is 95.3 Å². The van der Waals surface area contributed by atoms with Gasteiger partial charge in [0.1, 0.15) is 29.2 Å². The molecule has 0 atom stereocenters. The van der Waals surface area contributed by atoms with Crippen LogP contribution >= 0.6 is 0 Å². The average molecular weight is 498 g/mol. The first-order valence-electron chi connectivity index (χ1n) is 12.0. The monoisotopic (exact) mass is 497 g/mol. The fourth-order valence-electron chi connectivity index (χ4n) is 3.55. The molecule has 4 rings (SSSR count). The molecule has 2 aromatic heterocycles. The fraction of sp³-hybridized carbons (Fsp3) is 0.241. The van der Waals surface area contributed by atoms with Gasteiger partial charge < -0.3 is 20.1 Å². The van der Waals surface area contributed by atoms with Crippen molar-refractivity contribution in [1.82, 2.24) is 20.3 Å². The highest BCUT2D eigenvalue weighted by atomic mass is 16.6. The number of aryl methyl sites for hydroxylation is 2. The zero-order valence-electron chi connectivity index (χ0n) is 21.7. The maximum absolute atomic E-state index is 11.8. The highest BCUT2D eigenvalue weighted by Gasteiger charge is 2.15. The van der Waals surface area contributed by atoms with Gasteiger partial charge in [-0.15, -0.1) is 0 Å². The van der Waals surface area contributed by atoms with Gasteiger partial charge in [-0.1, -0.05) is 18.2 Å². The Morgan fingerprint density at radius 3 is 2.57 bits per heavy atom.